The summed E-state index contributed by atoms with van der Waals surface area (Å²) < 4.78 is 44.1. The average Bonchev–Trinajstić information content (AvgIpc) is 3.36. The first-order chi connectivity index (χ1) is 20.7. The van der Waals surface area contributed by atoms with Crippen LogP contribution < -0.4 is 0 Å². The second kappa shape index (κ2) is 10.5. The number of para-hydroxylation sites is 1. The lowest BCUT2D eigenvalue weighted by atomic mass is 9.86. The third-order valence-electron chi connectivity index (χ3n) is 8.21. The molecule has 6 aromatic rings. The molecule has 7 heteroatoms. The molecule has 0 radical (unpaired) electrons. The Hall–Kier alpha value is -4.65. The number of nitrogens with zero attached hydrogens (tertiary/aromatic N) is 3. The van der Waals surface area contributed by atoms with E-state index in [0.717, 1.165) is 33.3 Å². The Balaban J connectivity index is 1.57. The molecule has 44 heavy (non-hydrogen) atoms. The molecular weight excluding hydrogens is 559 g/mol. The molecule has 0 atom stereocenters. The van der Waals surface area contributed by atoms with Crippen LogP contribution in [0.15, 0.2) is 85.1 Å². The second-order valence-corrected chi connectivity index (χ2v) is 12.7. The van der Waals surface area contributed by atoms with Crippen molar-refractivity contribution in [3.05, 3.63) is 102 Å². The first-order valence-corrected chi connectivity index (χ1v) is 14.7. The summed E-state index contributed by atoms with van der Waals surface area (Å²) in [5.74, 6) is 0.809. The molecule has 2 heterocycles. The Morgan fingerprint density at radius 3 is 2.11 bits per heavy atom. The summed E-state index contributed by atoms with van der Waals surface area (Å²) in [6, 6.07) is 23.2. The number of alkyl halides is 3. The highest BCUT2D eigenvalue weighted by atomic mass is 19.4. The van der Waals surface area contributed by atoms with Gasteiger partial charge in [0.1, 0.15) is 11.6 Å². The molecule has 0 bridgehead atoms. The standard InChI is InChI=1S/C37H34F3N3O/c1-21(2)43-31-12-8-11-27(34(31)42-35(43)30-18-25(36(4,5)6)13-14-32(30)44)23-9-7-10-24(17-23)29-20-26(37(38,39)40)19-28-22(3)15-16-41-33(28)29/h7-21,44H,1-6H3. The van der Waals surface area contributed by atoms with Gasteiger partial charge in [-0.15, -0.1) is 0 Å². The van der Waals surface area contributed by atoms with Gasteiger partial charge in [-0.05, 0) is 90.9 Å². The van der Waals surface area contributed by atoms with E-state index in [2.05, 4.69) is 44.2 Å². The van der Waals surface area contributed by atoms with Crippen molar-refractivity contribution in [1.82, 2.24) is 14.5 Å². The van der Waals surface area contributed by atoms with E-state index >= 15 is 0 Å². The SMILES string of the molecule is Cc1ccnc2c(-c3cccc(-c4cccc5c4nc(-c4cc(C(C)(C)C)ccc4O)n5C(C)C)c3)cc(C(F)(F)F)cc12. The molecule has 0 amide bonds. The first kappa shape index (κ1) is 29.4. The zero-order valence-electron chi connectivity index (χ0n) is 25.6. The summed E-state index contributed by atoms with van der Waals surface area (Å²) in [6.45, 7) is 12.3. The maximum Gasteiger partial charge on any atom is 0.416 e. The van der Waals surface area contributed by atoms with Crippen LogP contribution in [0.25, 0.3) is 55.6 Å². The Bertz CT molecular complexity index is 2050. The van der Waals surface area contributed by atoms with Crippen molar-refractivity contribution in [3.8, 4) is 39.4 Å². The highest BCUT2D eigenvalue weighted by Crippen LogP contribution is 2.41. The van der Waals surface area contributed by atoms with Gasteiger partial charge >= 0.3 is 6.18 Å². The van der Waals surface area contributed by atoms with Gasteiger partial charge in [-0.25, -0.2) is 4.98 Å². The molecule has 0 aliphatic heterocycles. The number of aryl methyl sites for hydroxylation is 1. The van der Waals surface area contributed by atoms with Crippen molar-refractivity contribution in [2.75, 3.05) is 0 Å². The van der Waals surface area contributed by atoms with Crippen molar-refractivity contribution in [2.24, 2.45) is 0 Å². The Morgan fingerprint density at radius 2 is 1.43 bits per heavy atom. The predicted molar refractivity (Wildman–Crippen MR) is 172 cm³/mol. The summed E-state index contributed by atoms with van der Waals surface area (Å²) in [4.78, 5) is 9.60. The summed E-state index contributed by atoms with van der Waals surface area (Å²) >= 11 is 0. The first-order valence-electron chi connectivity index (χ1n) is 14.7. The van der Waals surface area contributed by atoms with E-state index in [4.69, 9.17) is 4.98 Å². The molecule has 2 aromatic heterocycles. The minimum Gasteiger partial charge on any atom is -0.507 e. The molecule has 0 saturated carbocycles. The van der Waals surface area contributed by atoms with E-state index in [1.165, 1.54) is 12.1 Å². The van der Waals surface area contributed by atoms with Crippen molar-refractivity contribution in [1.29, 1.82) is 0 Å². The van der Waals surface area contributed by atoms with Crippen molar-refractivity contribution in [3.63, 3.8) is 0 Å². The number of phenolic OH excluding ortho intramolecular Hbond substituents is 1. The Labute approximate surface area is 254 Å². The predicted octanol–water partition coefficient (Wildman–Crippen LogP) is 10.5. The van der Waals surface area contributed by atoms with E-state index in [0.29, 0.717) is 33.4 Å². The van der Waals surface area contributed by atoms with Gasteiger partial charge in [0.2, 0.25) is 0 Å². The van der Waals surface area contributed by atoms with Gasteiger partial charge in [0, 0.05) is 28.8 Å². The number of imidazole rings is 1. The third kappa shape index (κ3) is 5.10. The lowest BCUT2D eigenvalue weighted by Crippen LogP contribution is -2.11. The van der Waals surface area contributed by atoms with Crippen molar-refractivity contribution < 1.29 is 18.3 Å². The van der Waals surface area contributed by atoms with E-state index < -0.39 is 11.7 Å². The topological polar surface area (TPSA) is 50.9 Å². The molecule has 1 N–H and O–H groups in total. The monoisotopic (exact) mass is 593 g/mol. The number of rotatable bonds is 4. The van der Waals surface area contributed by atoms with E-state index in [-0.39, 0.29) is 17.2 Å². The van der Waals surface area contributed by atoms with Gasteiger partial charge < -0.3 is 9.67 Å². The van der Waals surface area contributed by atoms with Crippen LogP contribution in [0.5, 0.6) is 5.75 Å². The smallest absolute Gasteiger partial charge is 0.416 e. The summed E-state index contributed by atoms with van der Waals surface area (Å²) in [5, 5.41) is 11.5. The Kier molecular flexibility index (Phi) is 7.03. The van der Waals surface area contributed by atoms with Gasteiger partial charge in [-0.3, -0.25) is 4.98 Å². The largest absolute Gasteiger partial charge is 0.507 e. The normalized spacial score (nSPS) is 12.5. The van der Waals surface area contributed by atoms with Gasteiger partial charge in [0.25, 0.3) is 0 Å². The Morgan fingerprint density at radius 1 is 0.750 bits per heavy atom. The maximum absolute atomic E-state index is 14.0. The molecule has 0 aliphatic rings. The molecule has 0 spiro atoms. The second-order valence-electron chi connectivity index (χ2n) is 12.7. The lowest BCUT2D eigenvalue weighted by Gasteiger charge is -2.21. The molecule has 4 nitrogen and oxygen atoms in total. The number of benzene rings is 4. The van der Waals surface area contributed by atoms with Crippen molar-refractivity contribution in [2.45, 2.75) is 59.2 Å². The van der Waals surface area contributed by atoms with Crippen LogP contribution in [0.3, 0.4) is 0 Å². The van der Waals surface area contributed by atoms with Crippen molar-refractivity contribution >= 4 is 21.9 Å². The number of halogens is 3. The highest BCUT2D eigenvalue weighted by Gasteiger charge is 2.32. The van der Waals surface area contributed by atoms with Gasteiger partial charge in [-0.1, -0.05) is 57.2 Å². The zero-order valence-corrected chi connectivity index (χ0v) is 25.6. The third-order valence-corrected chi connectivity index (χ3v) is 8.21. The number of phenols is 1. The van der Waals surface area contributed by atoms with Crippen LogP contribution in [-0.4, -0.2) is 19.6 Å². The summed E-state index contributed by atoms with van der Waals surface area (Å²) in [5.41, 5.74) is 6.52. The fraction of sp³-hybridized carbons (Fsp3) is 0.243. The number of hydrogen-bond acceptors (Lipinski definition) is 3. The minimum atomic E-state index is -4.50. The summed E-state index contributed by atoms with van der Waals surface area (Å²) in [6.07, 6.45) is -2.87. The molecule has 0 unspecified atom stereocenters. The minimum absolute atomic E-state index is 0.0417. The highest BCUT2D eigenvalue weighted by molar-refractivity contribution is 5.99. The molecule has 6 rings (SSSR count). The van der Waals surface area contributed by atoms with Crippen LogP contribution in [0.4, 0.5) is 13.2 Å². The van der Waals surface area contributed by atoms with Gasteiger partial charge in [-0.2, -0.15) is 13.2 Å². The molecule has 0 saturated heterocycles. The van der Waals surface area contributed by atoms with Crippen LogP contribution in [0, 0.1) is 6.92 Å². The van der Waals surface area contributed by atoms with E-state index in [1.807, 2.05) is 54.6 Å². The fourth-order valence-electron chi connectivity index (χ4n) is 5.87. The number of fused-ring (bicyclic) bond motifs is 2. The molecule has 0 aliphatic carbocycles. The van der Waals surface area contributed by atoms with Gasteiger partial charge in [0.15, 0.2) is 0 Å². The molecular formula is C37H34F3N3O. The number of hydrogen-bond donors (Lipinski definition) is 1. The molecule has 4 aromatic carbocycles. The number of pyridine rings is 1. The molecule has 224 valence electrons. The van der Waals surface area contributed by atoms with E-state index in [1.54, 1.807) is 25.3 Å². The number of aromatic nitrogens is 3. The summed E-state index contributed by atoms with van der Waals surface area (Å²) in [7, 11) is 0. The number of aromatic hydroxyl groups is 1. The molecule has 0 fully saturated rings. The zero-order chi connectivity index (χ0) is 31.6. The quantitative estimate of drug-likeness (QED) is 0.221. The van der Waals surface area contributed by atoms with Crippen LogP contribution in [-0.2, 0) is 11.6 Å². The average molecular weight is 594 g/mol. The fourth-order valence-corrected chi connectivity index (χ4v) is 5.87. The van der Waals surface area contributed by atoms with Crippen LogP contribution in [0.2, 0.25) is 0 Å². The maximum atomic E-state index is 14.0. The van der Waals surface area contributed by atoms with Crippen LogP contribution in [0.1, 0.15) is 57.4 Å². The van der Waals surface area contributed by atoms with Crippen LogP contribution >= 0.6 is 0 Å². The van der Waals surface area contributed by atoms with E-state index in [9.17, 15) is 18.3 Å². The lowest BCUT2D eigenvalue weighted by molar-refractivity contribution is -0.137. The van der Waals surface area contributed by atoms with Gasteiger partial charge in [0.05, 0.1) is 27.7 Å².